The van der Waals surface area contributed by atoms with Gasteiger partial charge in [0.05, 0.1) is 17.4 Å². The Morgan fingerprint density at radius 1 is 1.21 bits per heavy atom. The number of rotatable bonds is 2. The van der Waals surface area contributed by atoms with E-state index in [-0.39, 0.29) is 0 Å². The van der Waals surface area contributed by atoms with Crippen molar-refractivity contribution in [2.75, 3.05) is 5.73 Å². The molecule has 0 aliphatic heterocycles. The van der Waals surface area contributed by atoms with E-state index in [0.29, 0.717) is 11.3 Å². The Hall–Kier alpha value is -1.99. The molecule has 2 aromatic rings. The maximum absolute atomic E-state index is 9.12. The quantitative estimate of drug-likeness (QED) is 0.907. The molecule has 3 rings (SSSR count). The summed E-state index contributed by atoms with van der Waals surface area (Å²) in [5, 5.41) is 9.83. The van der Waals surface area contributed by atoms with Crippen LogP contribution < -0.4 is 5.73 Å². The molecular formula is C15H13N3S. The van der Waals surface area contributed by atoms with Crippen LogP contribution >= 0.6 is 11.8 Å². The number of nitrogen functional groups attached to an aromatic ring is 1. The third-order valence-corrected chi connectivity index (χ3v) is 4.29. The largest absolute Gasteiger partial charge is 0.397 e. The number of hydrogen-bond acceptors (Lipinski definition) is 4. The van der Waals surface area contributed by atoms with Crippen molar-refractivity contribution in [1.82, 2.24) is 4.98 Å². The zero-order valence-electron chi connectivity index (χ0n) is 10.4. The molecule has 2 N–H and O–H groups in total. The maximum atomic E-state index is 9.12. The predicted octanol–water partition coefficient (Wildman–Crippen LogP) is 3.18. The number of nitrogens with zero attached hydrogens (tertiary/aromatic N) is 2. The summed E-state index contributed by atoms with van der Waals surface area (Å²) in [7, 11) is 0. The first-order chi connectivity index (χ1) is 9.26. The van der Waals surface area contributed by atoms with E-state index >= 15 is 0 Å². The predicted molar refractivity (Wildman–Crippen MR) is 76.0 cm³/mol. The zero-order chi connectivity index (χ0) is 13.2. The molecule has 4 heteroatoms. The van der Waals surface area contributed by atoms with Crippen molar-refractivity contribution >= 4 is 17.4 Å². The van der Waals surface area contributed by atoms with E-state index in [1.54, 1.807) is 12.3 Å². The molecule has 1 aromatic heterocycles. The van der Waals surface area contributed by atoms with Gasteiger partial charge in [0, 0.05) is 4.90 Å². The van der Waals surface area contributed by atoms with Gasteiger partial charge in [-0.05, 0) is 48.6 Å². The lowest BCUT2D eigenvalue weighted by Gasteiger charge is -2.06. The number of anilines is 1. The first kappa shape index (κ1) is 12.1. The van der Waals surface area contributed by atoms with Gasteiger partial charge in [0.1, 0.15) is 11.1 Å². The van der Waals surface area contributed by atoms with Crippen molar-refractivity contribution in [3.8, 4) is 6.07 Å². The molecule has 94 valence electrons. The molecule has 0 atom stereocenters. The van der Waals surface area contributed by atoms with Crippen molar-refractivity contribution in [1.29, 1.82) is 5.26 Å². The number of benzene rings is 1. The van der Waals surface area contributed by atoms with Crippen LogP contribution in [0.4, 0.5) is 5.69 Å². The van der Waals surface area contributed by atoms with Gasteiger partial charge < -0.3 is 5.73 Å². The van der Waals surface area contributed by atoms with Gasteiger partial charge in [-0.1, -0.05) is 17.8 Å². The number of nitriles is 1. The highest BCUT2D eigenvalue weighted by molar-refractivity contribution is 7.99. The Kier molecular flexibility index (Phi) is 3.14. The summed E-state index contributed by atoms with van der Waals surface area (Å²) in [6.07, 6.45) is 5.18. The van der Waals surface area contributed by atoms with Crippen molar-refractivity contribution in [3.63, 3.8) is 0 Å². The molecule has 19 heavy (non-hydrogen) atoms. The molecule has 0 saturated heterocycles. The van der Waals surface area contributed by atoms with E-state index < -0.39 is 0 Å². The number of nitrogens with two attached hydrogens (primary N) is 1. The zero-order valence-corrected chi connectivity index (χ0v) is 11.2. The second-order valence-corrected chi connectivity index (χ2v) is 5.68. The van der Waals surface area contributed by atoms with Gasteiger partial charge in [-0.15, -0.1) is 0 Å². The number of fused-ring (bicyclic) bond motifs is 1. The molecule has 0 unspecified atom stereocenters. The Bertz CT molecular complexity index is 674. The Morgan fingerprint density at radius 2 is 2.05 bits per heavy atom. The van der Waals surface area contributed by atoms with Crippen LogP contribution in [0.3, 0.4) is 0 Å². The number of aryl methyl sites for hydroxylation is 2. The fraction of sp³-hybridized carbons (Fsp3) is 0.200. The molecule has 0 saturated carbocycles. The Balaban J connectivity index is 1.92. The van der Waals surface area contributed by atoms with Crippen molar-refractivity contribution in [3.05, 3.63) is 47.2 Å². The summed E-state index contributed by atoms with van der Waals surface area (Å²) < 4.78 is 0. The number of pyridine rings is 1. The van der Waals surface area contributed by atoms with Gasteiger partial charge in [0.15, 0.2) is 0 Å². The first-order valence-corrected chi connectivity index (χ1v) is 7.03. The molecule has 1 heterocycles. The molecule has 1 aromatic carbocycles. The average Bonchev–Trinajstić information content (AvgIpc) is 2.88. The molecule has 0 spiro atoms. The third kappa shape index (κ3) is 2.42. The van der Waals surface area contributed by atoms with E-state index in [1.807, 2.05) is 0 Å². The Morgan fingerprint density at radius 3 is 2.89 bits per heavy atom. The summed E-state index contributed by atoms with van der Waals surface area (Å²) in [5.41, 5.74) is 9.59. The maximum Gasteiger partial charge on any atom is 0.119 e. The van der Waals surface area contributed by atoms with Crippen LogP contribution in [0.15, 0.2) is 40.4 Å². The molecule has 0 fully saturated rings. The minimum Gasteiger partial charge on any atom is -0.397 e. The molecular weight excluding hydrogens is 254 g/mol. The molecule has 0 radical (unpaired) electrons. The van der Waals surface area contributed by atoms with Crippen LogP contribution in [-0.4, -0.2) is 4.98 Å². The average molecular weight is 267 g/mol. The van der Waals surface area contributed by atoms with Crippen molar-refractivity contribution in [2.45, 2.75) is 29.2 Å². The van der Waals surface area contributed by atoms with E-state index in [1.165, 1.54) is 35.7 Å². The van der Waals surface area contributed by atoms with Gasteiger partial charge >= 0.3 is 0 Å². The summed E-state index contributed by atoms with van der Waals surface area (Å²) in [5.74, 6) is 0. The fourth-order valence-electron chi connectivity index (χ4n) is 2.35. The van der Waals surface area contributed by atoms with Gasteiger partial charge in [-0.25, -0.2) is 4.98 Å². The van der Waals surface area contributed by atoms with E-state index in [9.17, 15) is 0 Å². The minimum atomic E-state index is 0.523. The number of aromatic nitrogens is 1. The highest BCUT2D eigenvalue weighted by Crippen LogP contribution is 2.32. The molecule has 3 nitrogen and oxygen atoms in total. The number of hydrogen-bond donors (Lipinski definition) is 1. The fourth-order valence-corrected chi connectivity index (χ4v) is 3.23. The molecule has 1 aliphatic carbocycles. The highest BCUT2D eigenvalue weighted by Gasteiger charge is 2.12. The van der Waals surface area contributed by atoms with E-state index in [2.05, 4.69) is 29.3 Å². The van der Waals surface area contributed by atoms with Crippen molar-refractivity contribution in [2.24, 2.45) is 0 Å². The summed E-state index contributed by atoms with van der Waals surface area (Å²) >= 11 is 1.52. The summed E-state index contributed by atoms with van der Waals surface area (Å²) in [4.78, 5) is 5.39. The van der Waals surface area contributed by atoms with Crippen LogP contribution in [-0.2, 0) is 12.8 Å². The summed E-state index contributed by atoms with van der Waals surface area (Å²) in [6, 6.07) is 10.3. The first-order valence-electron chi connectivity index (χ1n) is 6.21. The van der Waals surface area contributed by atoms with Gasteiger partial charge in [0.2, 0.25) is 0 Å². The molecule has 0 amide bonds. The standard InChI is InChI=1S/C15H13N3S/c16-8-12-6-13(17)9-18-15(12)19-14-5-4-10-2-1-3-11(10)7-14/h4-7,9H,1-3,17H2. The van der Waals surface area contributed by atoms with Crippen molar-refractivity contribution < 1.29 is 0 Å². The van der Waals surface area contributed by atoms with Crippen LogP contribution in [0.1, 0.15) is 23.1 Å². The second kappa shape index (κ2) is 4.94. The Labute approximate surface area is 116 Å². The SMILES string of the molecule is N#Cc1cc(N)cnc1Sc1ccc2c(c1)CCC2. The molecule has 0 bridgehead atoms. The lowest BCUT2D eigenvalue weighted by Crippen LogP contribution is -1.92. The summed E-state index contributed by atoms with van der Waals surface area (Å²) in [6.45, 7) is 0. The van der Waals surface area contributed by atoms with E-state index in [0.717, 1.165) is 16.3 Å². The highest BCUT2D eigenvalue weighted by atomic mass is 32.2. The van der Waals surface area contributed by atoms with Crippen LogP contribution in [0.25, 0.3) is 0 Å². The van der Waals surface area contributed by atoms with Crippen LogP contribution in [0.5, 0.6) is 0 Å². The van der Waals surface area contributed by atoms with Crippen LogP contribution in [0.2, 0.25) is 0 Å². The van der Waals surface area contributed by atoms with Crippen LogP contribution in [0, 0.1) is 11.3 Å². The topological polar surface area (TPSA) is 62.7 Å². The lowest BCUT2D eigenvalue weighted by molar-refractivity contribution is 0.911. The monoisotopic (exact) mass is 267 g/mol. The normalized spacial score (nSPS) is 13.0. The third-order valence-electron chi connectivity index (χ3n) is 3.28. The second-order valence-electron chi connectivity index (χ2n) is 4.62. The van der Waals surface area contributed by atoms with E-state index in [4.69, 9.17) is 11.0 Å². The molecule has 1 aliphatic rings. The lowest BCUT2D eigenvalue weighted by atomic mass is 10.1. The minimum absolute atomic E-state index is 0.523. The smallest absolute Gasteiger partial charge is 0.119 e. The van der Waals surface area contributed by atoms with Gasteiger partial charge in [-0.2, -0.15) is 5.26 Å². The van der Waals surface area contributed by atoms with Gasteiger partial charge in [0.25, 0.3) is 0 Å². The van der Waals surface area contributed by atoms with Gasteiger partial charge in [-0.3, -0.25) is 0 Å².